The van der Waals surface area contributed by atoms with Crippen LogP contribution in [0.2, 0.25) is 10.0 Å². The predicted molar refractivity (Wildman–Crippen MR) is 92.3 cm³/mol. The normalized spacial score (nSPS) is 10.7. The van der Waals surface area contributed by atoms with Crippen molar-refractivity contribution < 1.29 is 4.79 Å². The van der Waals surface area contributed by atoms with Crippen molar-refractivity contribution in [1.29, 1.82) is 0 Å². The standard InChI is InChI=1S/C16H15Cl2N3O/c1-21(2)13-6-3-11(4-7-13)10-19-20-16(22)14-8-5-12(17)9-15(14)18/h3-10H,1-2H3,(H,20,22)/b19-10-. The van der Waals surface area contributed by atoms with E-state index in [9.17, 15) is 4.79 Å². The molecule has 1 N–H and O–H groups in total. The molecule has 6 heteroatoms. The van der Waals surface area contributed by atoms with Gasteiger partial charge in [-0.3, -0.25) is 4.79 Å². The van der Waals surface area contributed by atoms with E-state index in [4.69, 9.17) is 23.2 Å². The first-order valence-corrected chi connectivity index (χ1v) is 7.29. The fraction of sp³-hybridized carbons (Fsp3) is 0.125. The zero-order valence-corrected chi connectivity index (χ0v) is 13.7. The highest BCUT2D eigenvalue weighted by atomic mass is 35.5. The van der Waals surface area contributed by atoms with E-state index in [0.29, 0.717) is 10.6 Å². The molecule has 0 spiro atoms. The fourth-order valence-electron chi connectivity index (χ4n) is 1.76. The molecular weight excluding hydrogens is 321 g/mol. The maximum Gasteiger partial charge on any atom is 0.272 e. The second kappa shape index (κ2) is 7.29. The molecule has 0 saturated carbocycles. The van der Waals surface area contributed by atoms with Gasteiger partial charge in [-0.25, -0.2) is 5.43 Å². The zero-order chi connectivity index (χ0) is 16.1. The summed E-state index contributed by atoms with van der Waals surface area (Å²) < 4.78 is 0. The van der Waals surface area contributed by atoms with Gasteiger partial charge in [0.15, 0.2) is 0 Å². The number of amides is 1. The van der Waals surface area contributed by atoms with Crippen molar-refractivity contribution in [3.05, 3.63) is 63.6 Å². The SMILES string of the molecule is CN(C)c1ccc(/C=N\NC(=O)c2ccc(Cl)cc2Cl)cc1. The molecule has 0 aliphatic rings. The molecule has 2 aromatic rings. The molecule has 0 fully saturated rings. The lowest BCUT2D eigenvalue weighted by Gasteiger charge is -2.11. The third-order valence-corrected chi connectivity index (χ3v) is 3.51. The lowest BCUT2D eigenvalue weighted by molar-refractivity contribution is 0.0955. The summed E-state index contributed by atoms with van der Waals surface area (Å²) in [7, 11) is 3.94. The fourth-order valence-corrected chi connectivity index (χ4v) is 2.25. The Morgan fingerprint density at radius 3 is 2.41 bits per heavy atom. The summed E-state index contributed by atoms with van der Waals surface area (Å²) in [5, 5.41) is 4.69. The van der Waals surface area contributed by atoms with E-state index in [1.54, 1.807) is 18.3 Å². The van der Waals surface area contributed by atoms with Gasteiger partial charge >= 0.3 is 0 Å². The maximum absolute atomic E-state index is 12.0. The predicted octanol–water partition coefficient (Wildman–Crippen LogP) is 3.82. The van der Waals surface area contributed by atoms with Crippen LogP contribution in [-0.2, 0) is 0 Å². The van der Waals surface area contributed by atoms with Crippen molar-refractivity contribution in [2.45, 2.75) is 0 Å². The molecule has 22 heavy (non-hydrogen) atoms. The van der Waals surface area contributed by atoms with Crippen LogP contribution in [0.4, 0.5) is 5.69 Å². The Morgan fingerprint density at radius 2 is 1.82 bits per heavy atom. The monoisotopic (exact) mass is 335 g/mol. The number of carbonyl (C=O) groups is 1. The van der Waals surface area contributed by atoms with Gasteiger partial charge in [-0.05, 0) is 35.9 Å². The molecule has 0 unspecified atom stereocenters. The quantitative estimate of drug-likeness (QED) is 0.681. The van der Waals surface area contributed by atoms with Gasteiger partial charge in [0.25, 0.3) is 5.91 Å². The van der Waals surface area contributed by atoms with Gasteiger partial charge < -0.3 is 4.90 Å². The van der Waals surface area contributed by atoms with Crippen molar-refractivity contribution >= 4 is 41.0 Å². The lowest BCUT2D eigenvalue weighted by Crippen LogP contribution is -2.18. The smallest absolute Gasteiger partial charge is 0.272 e. The first-order valence-electron chi connectivity index (χ1n) is 6.53. The van der Waals surface area contributed by atoms with Gasteiger partial charge in [-0.1, -0.05) is 35.3 Å². The maximum atomic E-state index is 12.0. The van der Waals surface area contributed by atoms with Crippen LogP contribution in [0.15, 0.2) is 47.6 Å². The first-order chi connectivity index (χ1) is 10.5. The van der Waals surface area contributed by atoms with Crippen molar-refractivity contribution in [3.8, 4) is 0 Å². The van der Waals surface area contributed by atoms with Gasteiger partial charge in [0.05, 0.1) is 16.8 Å². The summed E-state index contributed by atoms with van der Waals surface area (Å²) in [6.07, 6.45) is 1.57. The second-order valence-corrected chi connectivity index (χ2v) is 5.65. The summed E-state index contributed by atoms with van der Waals surface area (Å²) in [4.78, 5) is 14.0. The van der Waals surface area contributed by atoms with E-state index in [1.807, 2.05) is 43.3 Å². The van der Waals surface area contributed by atoms with Crippen LogP contribution >= 0.6 is 23.2 Å². The number of rotatable bonds is 4. The average molecular weight is 336 g/mol. The third-order valence-electron chi connectivity index (χ3n) is 2.96. The molecule has 114 valence electrons. The first kappa shape index (κ1) is 16.3. The molecule has 0 aliphatic carbocycles. The number of nitrogens with one attached hydrogen (secondary N) is 1. The number of carbonyl (C=O) groups excluding carboxylic acids is 1. The Bertz CT molecular complexity index is 697. The van der Waals surface area contributed by atoms with Gasteiger partial charge in [0, 0.05) is 24.8 Å². The van der Waals surface area contributed by atoms with Crippen LogP contribution in [0, 0.1) is 0 Å². The topological polar surface area (TPSA) is 44.7 Å². The van der Waals surface area contributed by atoms with E-state index >= 15 is 0 Å². The van der Waals surface area contributed by atoms with E-state index in [1.165, 1.54) is 6.07 Å². The summed E-state index contributed by atoms with van der Waals surface area (Å²) >= 11 is 11.8. The van der Waals surface area contributed by atoms with Crippen molar-refractivity contribution in [2.75, 3.05) is 19.0 Å². The largest absolute Gasteiger partial charge is 0.378 e. The molecule has 2 rings (SSSR count). The number of halogens is 2. The van der Waals surface area contributed by atoms with Crippen LogP contribution < -0.4 is 10.3 Å². The highest BCUT2D eigenvalue weighted by Crippen LogP contribution is 2.20. The number of benzene rings is 2. The highest BCUT2D eigenvalue weighted by Gasteiger charge is 2.09. The molecule has 0 aliphatic heterocycles. The molecule has 0 bridgehead atoms. The molecule has 0 heterocycles. The van der Waals surface area contributed by atoms with Crippen LogP contribution in [0.3, 0.4) is 0 Å². The third kappa shape index (κ3) is 4.23. The van der Waals surface area contributed by atoms with Gasteiger partial charge in [-0.15, -0.1) is 0 Å². The van der Waals surface area contributed by atoms with Gasteiger partial charge in [-0.2, -0.15) is 5.10 Å². The van der Waals surface area contributed by atoms with E-state index in [0.717, 1.165) is 11.3 Å². The molecule has 0 radical (unpaired) electrons. The molecule has 0 aromatic heterocycles. The summed E-state index contributed by atoms with van der Waals surface area (Å²) in [6.45, 7) is 0. The van der Waals surface area contributed by atoms with E-state index < -0.39 is 0 Å². The average Bonchev–Trinajstić information content (AvgIpc) is 2.47. The Balaban J connectivity index is 2.01. The number of anilines is 1. The molecule has 2 aromatic carbocycles. The van der Waals surface area contributed by atoms with Crippen LogP contribution in [0.1, 0.15) is 15.9 Å². The minimum atomic E-state index is -0.386. The van der Waals surface area contributed by atoms with E-state index in [2.05, 4.69) is 10.5 Å². The Labute approximate surface area is 139 Å². The van der Waals surface area contributed by atoms with Gasteiger partial charge in [0.2, 0.25) is 0 Å². The van der Waals surface area contributed by atoms with Crippen LogP contribution in [0.25, 0.3) is 0 Å². The highest BCUT2D eigenvalue weighted by molar-refractivity contribution is 6.36. The van der Waals surface area contributed by atoms with Crippen molar-refractivity contribution in [2.24, 2.45) is 5.10 Å². The summed E-state index contributed by atoms with van der Waals surface area (Å²) in [5.41, 5.74) is 4.74. The lowest BCUT2D eigenvalue weighted by atomic mass is 10.2. The Hall–Kier alpha value is -2.04. The summed E-state index contributed by atoms with van der Waals surface area (Å²) in [5.74, 6) is -0.386. The molecule has 0 atom stereocenters. The van der Waals surface area contributed by atoms with Crippen molar-refractivity contribution in [1.82, 2.24) is 5.43 Å². The number of nitrogens with zero attached hydrogens (tertiary/aromatic N) is 2. The number of hydrogen-bond acceptors (Lipinski definition) is 3. The summed E-state index contributed by atoms with van der Waals surface area (Å²) in [6, 6.07) is 12.5. The van der Waals surface area contributed by atoms with Crippen LogP contribution in [-0.4, -0.2) is 26.2 Å². The molecule has 1 amide bonds. The van der Waals surface area contributed by atoms with Crippen LogP contribution in [0.5, 0.6) is 0 Å². The second-order valence-electron chi connectivity index (χ2n) is 4.81. The number of hydrazone groups is 1. The number of hydrogen-bond donors (Lipinski definition) is 1. The van der Waals surface area contributed by atoms with Crippen molar-refractivity contribution in [3.63, 3.8) is 0 Å². The minimum Gasteiger partial charge on any atom is -0.378 e. The molecular formula is C16H15Cl2N3O. The van der Waals surface area contributed by atoms with E-state index in [-0.39, 0.29) is 10.9 Å². The molecule has 4 nitrogen and oxygen atoms in total. The minimum absolute atomic E-state index is 0.288. The molecule has 0 saturated heterocycles. The zero-order valence-electron chi connectivity index (χ0n) is 12.2. The Kier molecular flexibility index (Phi) is 5.41. The van der Waals surface area contributed by atoms with Gasteiger partial charge in [0.1, 0.15) is 0 Å². The Morgan fingerprint density at radius 1 is 1.14 bits per heavy atom.